The van der Waals surface area contributed by atoms with Gasteiger partial charge in [0.1, 0.15) is 0 Å². The van der Waals surface area contributed by atoms with Gasteiger partial charge >= 0.3 is 0 Å². The van der Waals surface area contributed by atoms with Crippen molar-refractivity contribution in [1.82, 2.24) is 10.6 Å². The Balaban J connectivity index is 1.33. The van der Waals surface area contributed by atoms with Crippen LogP contribution >= 0.6 is 0 Å². The molecule has 2 N–H and O–H groups in total. The molecule has 0 spiro atoms. The van der Waals surface area contributed by atoms with Crippen molar-refractivity contribution in [2.45, 2.75) is 71.3 Å². The first-order chi connectivity index (χ1) is 13.6. The summed E-state index contributed by atoms with van der Waals surface area (Å²) in [6, 6.07) is 8.24. The fraction of sp³-hybridized carbons (Fsp3) is 0.583. The van der Waals surface area contributed by atoms with E-state index >= 15 is 0 Å². The van der Waals surface area contributed by atoms with Crippen LogP contribution in [0.15, 0.2) is 35.9 Å². The van der Waals surface area contributed by atoms with Gasteiger partial charge in [0.25, 0.3) is 0 Å². The molecule has 4 heteroatoms. The van der Waals surface area contributed by atoms with Crippen molar-refractivity contribution in [2.24, 2.45) is 11.8 Å². The molecule has 0 bridgehead atoms. The van der Waals surface area contributed by atoms with Crippen LogP contribution in [-0.4, -0.2) is 18.4 Å². The van der Waals surface area contributed by atoms with Crippen LogP contribution in [0.5, 0.6) is 0 Å². The molecule has 3 rings (SSSR count). The molecular weight excluding hydrogens is 348 g/mol. The van der Waals surface area contributed by atoms with Crippen LogP contribution in [0.4, 0.5) is 0 Å². The smallest absolute Gasteiger partial charge is 0.223 e. The van der Waals surface area contributed by atoms with Gasteiger partial charge in [-0.25, -0.2) is 0 Å². The summed E-state index contributed by atoms with van der Waals surface area (Å²) < 4.78 is 0. The van der Waals surface area contributed by atoms with E-state index in [1.807, 2.05) is 0 Å². The highest BCUT2D eigenvalue weighted by molar-refractivity contribution is 5.81. The van der Waals surface area contributed by atoms with E-state index < -0.39 is 0 Å². The summed E-state index contributed by atoms with van der Waals surface area (Å²) in [4.78, 5) is 24.9. The van der Waals surface area contributed by atoms with Gasteiger partial charge in [0.05, 0.1) is 0 Å². The van der Waals surface area contributed by atoms with Gasteiger partial charge < -0.3 is 10.6 Å². The Labute approximate surface area is 169 Å². The van der Waals surface area contributed by atoms with Crippen molar-refractivity contribution >= 4 is 11.8 Å². The maximum absolute atomic E-state index is 12.4. The Morgan fingerprint density at radius 3 is 2.18 bits per heavy atom. The fourth-order valence-corrected chi connectivity index (χ4v) is 4.28. The molecule has 1 aromatic rings. The highest BCUT2D eigenvalue weighted by Gasteiger charge is 2.29. The predicted molar refractivity (Wildman–Crippen MR) is 113 cm³/mol. The Kier molecular flexibility index (Phi) is 7.70. The molecule has 1 aromatic carbocycles. The van der Waals surface area contributed by atoms with E-state index in [0.29, 0.717) is 6.54 Å². The van der Waals surface area contributed by atoms with Gasteiger partial charge in [-0.2, -0.15) is 0 Å². The molecule has 2 aliphatic rings. The summed E-state index contributed by atoms with van der Waals surface area (Å²) in [5.74, 6) is 0.418. The largest absolute Gasteiger partial charge is 0.356 e. The maximum Gasteiger partial charge on any atom is 0.223 e. The number of nitrogens with one attached hydrogen (secondary N) is 2. The topological polar surface area (TPSA) is 58.2 Å². The average Bonchev–Trinajstić information content (AvgIpc) is 2.74. The molecule has 0 aromatic heterocycles. The Morgan fingerprint density at radius 2 is 1.57 bits per heavy atom. The molecule has 1 fully saturated rings. The summed E-state index contributed by atoms with van der Waals surface area (Å²) in [5.41, 5.74) is 3.85. The van der Waals surface area contributed by atoms with Crippen molar-refractivity contribution in [3.8, 4) is 0 Å². The van der Waals surface area contributed by atoms with Crippen LogP contribution in [0, 0.1) is 18.8 Å². The van der Waals surface area contributed by atoms with Crippen LogP contribution < -0.4 is 10.6 Å². The molecule has 0 atom stereocenters. The second kappa shape index (κ2) is 10.4. The van der Waals surface area contributed by atoms with Gasteiger partial charge in [-0.05, 0) is 70.3 Å². The van der Waals surface area contributed by atoms with Crippen molar-refractivity contribution in [3.05, 3.63) is 47.0 Å². The lowest BCUT2D eigenvalue weighted by Crippen LogP contribution is -2.37. The molecule has 0 saturated heterocycles. The van der Waals surface area contributed by atoms with Crippen LogP contribution in [0.25, 0.3) is 0 Å². The molecule has 2 aliphatic carbocycles. The molecule has 0 radical (unpaired) electrons. The maximum atomic E-state index is 12.4. The molecule has 1 saturated carbocycles. The van der Waals surface area contributed by atoms with Crippen LogP contribution in [0.3, 0.4) is 0 Å². The van der Waals surface area contributed by atoms with Gasteiger partial charge in [0, 0.05) is 24.9 Å². The van der Waals surface area contributed by atoms with E-state index in [-0.39, 0.29) is 23.7 Å². The minimum absolute atomic E-state index is 0.0434. The molecule has 2 amide bonds. The molecular formula is C24H34N2O2. The van der Waals surface area contributed by atoms with E-state index in [1.165, 1.54) is 36.8 Å². The molecule has 0 heterocycles. The number of carbonyl (C=O) groups is 2. The summed E-state index contributed by atoms with van der Waals surface area (Å²) in [6.07, 6.45) is 11.6. The summed E-state index contributed by atoms with van der Waals surface area (Å²) >= 11 is 0. The van der Waals surface area contributed by atoms with Gasteiger partial charge in [0.15, 0.2) is 0 Å². The molecule has 152 valence electrons. The zero-order valence-electron chi connectivity index (χ0n) is 17.1. The van der Waals surface area contributed by atoms with E-state index in [0.717, 1.165) is 44.2 Å². The third-order valence-corrected chi connectivity index (χ3v) is 6.19. The number of hydrogen-bond acceptors (Lipinski definition) is 2. The summed E-state index contributed by atoms with van der Waals surface area (Å²) in [5, 5.41) is 6.17. The van der Waals surface area contributed by atoms with E-state index in [9.17, 15) is 9.59 Å². The van der Waals surface area contributed by atoms with E-state index in [1.54, 1.807) is 0 Å². The number of allylic oxidation sites excluding steroid dienone is 1. The minimum Gasteiger partial charge on any atom is -0.356 e. The number of benzene rings is 1. The standard InChI is InChI=1S/C24H34N2O2/c1-18-7-9-20(10-8-18)17-26-24(28)22-13-11-21(12-14-22)23(27)25-16-15-19-5-3-2-4-6-19/h5,7-10,21-22H,2-4,6,11-17H2,1H3,(H,25,27)(H,26,28). The molecule has 0 unspecified atom stereocenters. The highest BCUT2D eigenvalue weighted by atomic mass is 16.2. The lowest BCUT2D eigenvalue weighted by Gasteiger charge is -2.27. The predicted octanol–water partition coefficient (Wildman–Crippen LogP) is 4.42. The SMILES string of the molecule is Cc1ccc(CNC(=O)C2CCC(C(=O)NCCC3=CCCCC3)CC2)cc1. The van der Waals surface area contributed by atoms with Crippen LogP contribution in [-0.2, 0) is 16.1 Å². The Hall–Kier alpha value is -2.10. The molecule has 4 nitrogen and oxygen atoms in total. The number of rotatable bonds is 7. The van der Waals surface area contributed by atoms with Crippen LogP contribution in [0.1, 0.15) is 68.9 Å². The summed E-state index contributed by atoms with van der Waals surface area (Å²) in [6.45, 7) is 3.39. The third-order valence-electron chi connectivity index (χ3n) is 6.19. The third kappa shape index (κ3) is 6.22. The zero-order chi connectivity index (χ0) is 19.8. The number of aryl methyl sites for hydroxylation is 1. The Bertz CT molecular complexity index is 685. The first kappa shape index (κ1) is 20.6. The van der Waals surface area contributed by atoms with Crippen molar-refractivity contribution in [3.63, 3.8) is 0 Å². The van der Waals surface area contributed by atoms with Gasteiger partial charge in [-0.1, -0.05) is 41.5 Å². The second-order valence-electron chi connectivity index (χ2n) is 8.40. The number of amides is 2. The lowest BCUT2D eigenvalue weighted by molar-refractivity contribution is -0.130. The van der Waals surface area contributed by atoms with E-state index in [4.69, 9.17) is 0 Å². The quantitative estimate of drug-likeness (QED) is 0.686. The zero-order valence-corrected chi connectivity index (χ0v) is 17.1. The van der Waals surface area contributed by atoms with Crippen LogP contribution in [0.2, 0.25) is 0 Å². The highest BCUT2D eigenvalue weighted by Crippen LogP contribution is 2.29. The first-order valence-electron chi connectivity index (χ1n) is 10.9. The number of carbonyl (C=O) groups excluding carboxylic acids is 2. The van der Waals surface area contributed by atoms with Crippen molar-refractivity contribution in [1.29, 1.82) is 0 Å². The second-order valence-corrected chi connectivity index (χ2v) is 8.40. The molecule has 0 aliphatic heterocycles. The van der Waals surface area contributed by atoms with Crippen molar-refractivity contribution < 1.29 is 9.59 Å². The Morgan fingerprint density at radius 1 is 0.929 bits per heavy atom. The van der Waals surface area contributed by atoms with Crippen molar-refractivity contribution in [2.75, 3.05) is 6.54 Å². The minimum atomic E-state index is 0.0434. The van der Waals surface area contributed by atoms with Gasteiger partial charge in [0.2, 0.25) is 11.8 Å². The average molecular weight is 383 g/mol. The monoisotopic (exact) mass is 382 g/mol. The summed E-state index contributed by atoms with van der Waals surface area (Å²) in [7, 11) is 0. The fourth-order valence-electron chi connectivity index (χ4n) is 4.28. The van der Waals surface area contributed by atoms with E-state index in [2.05, 4.69) is 47.9 Å². The lowest BCUT2D eigenvalue weighted by atomic mass is 9.81. The van der Waals surface area contributed by atoms with Gasteiger partial charge in [-0.15, -0.1) is 0 Å². The molecule has 28 heavy (non-hydrogen) atoms. The number of hydrogen-bond donors (Lipinski definition) is 2. The van der Waals surface area contributed by atoms with Gasteiger partial charge in [-0.3, -0.25) is 9.59 Å². The normalized spacial score (nSPS) is 22.2. The first-order valence-corrected chi connectivity index (χ1v) is 10.9.